The fourth-order valence-electron chi connectivity index (χ4n) is 6.20. The molecular weight excluding hydrogens is 646 g/mol. The third-order valence-electron chi connectivity index (χ3n) is 8.88. The normalized spacial score (nSPS) is 23.1. The number of likely N-dealkylation sites (tertiary alicyclic amines) is 1. The Bertz CT molecular complexity index is 1800. The van der Waals surface area contributed by atoms with E-state index in [4.69, 9.17) is 4.74 Å². The molecule has 2 amide bonds. The lowest BCUT2D eigenvalue weighted by Gasteiger charge is -2.41. The Balaban J connectivity index is 1.07. The number of aliphatic hydroxyl groups excluding tert-OH is 4. The number of ether oxygens (including phenoxy) is 2. The van der Waals surface area contributed by atoms with E-state index in [1.807, 2.05) is 17.4 Å². The Morgan fingerprint density at radius 1 is 1.06 bits per heavy atom. The van der Waals surface area contributed by atoms with Crippen molar-refractivity contribution < 1.29 is 48.3 Å². The van der Waals surface area contributed by atoms with Crippen LogP contribution in [0.3, 0.4) is 0 Å². The zero-order valence-electron chi connectivity index (χ0n) is 26.3. The molecule has 2 fully saturated rings. The number of aryl methyl sites for hydroxylation is 1. The monoisotopic (exact) mass is 682 g/mol. The fourth-order valence-corrected chi connectivity index (χ4v) is 6.20. The zero-order valence-corrected chi connectivity index (χ0v) is 26.3. The number of piperidine rings is 1. The SMILES string of the molecule is Cc1cc(Nc2nccn3c(-c4ccc(OC(F)F)cc4)cnc23)ccc1C(=O)N1CCC(C(=O)N[C@@H]2C(O)O[C@H](CO)[C@@H](O)[C@@H]2O)CC1. The second-order valence-corrected chi connectivity index (χ2v) is 12.0. The molecule has 0 aliphatic carbocycles. The Labute approximate surface area is 278 Å². The predicted molar refractivity (Wildman–Crippen MR) is 170 cm³/mol. The number of benzene rings is 2. The highest BCUT2D eigenvalue weighted by molar-refractivity contribution is 5.96. The molecule has 0 saturated carbocycles. The topological polar surface area (TPSA) is 191 Å². The van der Waals surface area contributed by atoms with Gasteiger partial charge in [0.2, 0.25) is 5.91 Å². The smallest absolute Gasteiger partial charge is 0.387 e. The molecule has 0 bridgehead atoms. The van der Waals surface area contributed by atoms with Crippen LogP contribution in [0.5, 0.6) is 5.75 Å². The number of imidazole rings is 1. The summed E-state index contributed by atoms with van der Waals surface area (Å²) in [6.07, 6.45) is -0.0934. The minimum atomic E-state index is -2.91. The lowest BCUT2D eigenvalue weighted by Crippen LogP contribution is -2.64. The molecule has 2 aromatic heterocycles. The molecule has 2 aliphatic heterocycles. The number of alkyl halides is 2. The Kier molecular flexibility index (Phi) is 10.0. The molecule has 6 rings (SSSR count). The first-order valence-electron chi connectivity index (χ1n) is 15.7. The van der Waals surface area contributed by atoms with Crippen molar-refractivity contribution in [2.75, 3.05) is 25.0 Å². The maximum Gasteiger partial charge on any atom is 0.387 e. The number of halogens is 2. The largest absolute Gasteiger partial charge is 0.435 e. The van der Waals surface area contributed by atoms with Gasteiger partial charge in [0.25, 0.3) is 5.91 Å². The van der Waals surface area contributed by atoms with Crippen molar-refractivity contribution >= 4 is 29.0 Å². The number of nitrogens with zero attached hydrogens (tertiary/aromatic N) is 4. The fraction of sp³-hybridized carbons (Fsp3) is 0.394. The number of fused-ring (bicyclic) bond motifs is 1. The van der Waals surface area contributed by atoms with Crippen molar-refractivity contribution in [2.24, 2.45) is 5.92 Å². The Morgan fingerprint density at radius 3 is 2.47 bits per heavy atom. The van der Waals surface area contributed by atoms with Crippen LogP contribution in [-0.2, 0) is 9.53 Å². The van der Waals surface area contributed by atoms with Crippen LogP contribution in [0.2, 0.25) is 0 Å². The molecule has 16 heteroatoms. The van der Waals surface area contributed by atoms with Crippen molar-refractivity contribution in [3.05, 3.63) is 72.2 Å². The molecular formula is C33H36F2N6O8. The zero-order chi connectivity index (χ0) is 34.8. The number of hydrogen-bond acceptors (Lipinski definition) is 11. The van der Waals surface area contributed by atoms with Gasteiger partial charge in [-0.05, 0) is 67.8 Å². The lowest BCUT2D eigenvalue weighted by atomic mass is 9.92. The van der Waals surface area contributed by atoms with Crippen LogP contribution in [0.25, 0.3) is 16.9 Å². The van der Waals surface area contributed by atoms with Gasteiger partial charge in [-0.25, -0.2) is 9.97 Å². The summed E-state index contributed by atoms with van der Waals surface area (Å²) in [7, 11) is 0. The molecule has 0 spiro atoms. The number of aliphatic hydroxyl groups is 4. The first-order valence-corrected chi connectivity index (χ1v) is 15.7. The van der Waals surface area contributed by atoms with Gasteiger partial charge >= 0.3 is 6.61 Å². The van der Waals surface area contributed by atoms with Crippen molar-refractivity contribution in [1.29, 1.82) is 0 Å². The molecule has 14 nitrogen and oxygen atoms in total. The van der Waals surface area contributed by atoms with Gasteiger partial charge in [0, 0.05) is 48.2 Å². The number of nitrogens with one attached hydrogen (secondary N) is 2. The maximum atomic E-state index is 13.5. The first kappa shape index (κ1) is 34.1. The van der Waals surface area contributed by atoms with E-state index in [0.29, 0.717) is 48.6 Å². The minimum absolute atomic E-state index is 0.0514. The molecule has 5 atom stereocenters. The van der Waals surface area contributed by atoms with E-state index in [1.54, 1.807) is 47.8 Å². The molecule has 49 heavy (non-hydrogen) atoms. The number of amides is 2. The van der Waals surface area contributed by atoms with Crippen molar-refractivity contribution in [3.8, 4) is 17.0 Å². The van der Waals surface area contributed by atoms with E-state index in [1.165, 1.54) is 12.1 Å². The first-order chi connectivity index (χ1) is 23.5. The Morgan fingerprint density at radius 2 is 1.80 bits per heavy atom. The van der Waals surface area contributed by atoms with E-state index < -0.39 is 55.7 Å². The molecule has 2 aliphatic rings. The van der Waals surface area contributed by atoms with E-state index >= 15 is 0 Å². The summed E-state index contributed by atoms with van der Waals surface area (Å²) in [4.78, 5) is 37.0. The van der Waals surface area contributed by atoms with Crippen LogP contribution < -0.4 is 15.4 Å². The molecule has 1 unspecified atom stereocenters. The number of carbonyl (C=O) groups excluding carboxylic acids is 2. The van der Waals surface area contributed by atoms with E-state index in [9.17, 15) is 38.8 Å². The number of anilines is 2. The minimum Gasteiger partial charge on any atom is -0.435 e. The third kappa shape index (κ3) is 7.18. The van der Waals surface area contributed by atoms with Crippen LogP contribution in [0, 0.1) is 12.8 Å². The molecule has 2 aromatic carbocycles. The maximum absolute atomic E-state index is 13.5. The van der Waals surface area contributed by atoms with Gasteiger partial charge in [-0.2, -0.15) is 8.78 Å². The summed E-state index contributed by atoms with van der Waals surface area (Å²) < 4.78 is 36.4. The van der Waals surface area contributed by atoms with E-state index in [0.717, 1.165) is 16.8 Å². The van der Waals surface area contributed by atoms with Gasteiger partial charge in [-0.15, -0.1) is 0 Å². The summed E-state index contributed by atoms with van der Waals surface area (Å²) in [6.45, 7) is -1.07. The van der Waals surface area contributed by atoms with E-state index in [-0.39, 0.29) is 11.7 Å². The lowest BCUT2D eigenvalue weighted by molar-refractivity contribution is -0.254. The predicted octanol–water partition coefficient (Wildman–Crippen LogP) is 1.82. The van der Waals surface area contributed by atoms with Crippen molar-refractivity contribution in [2.45, 2.75) is 57.0 Å². The van der Waals surface area contributed by atoms with Gasteiger partial charge in [0.1, 0.15) is 30.1 Å². The number of rotatable bonds is 9. The molecule has 260 valence electrons. The number of carbonyl (C=O) groups is 2. The average Bonchev–Trinajstić information content (AvgIpc) is 3.53. The molecule has 4 aromatic rings. The third-order valence-corrected chi connectivity index (χ3v) is 8.88. The van der Waals surface area contributed by atoms with Crippen molar-refractivity contribution in [1.82, 2.24) is 24.6 Å². The summed E-state index contributed by atoms with van der Waals surface area (Å²) >= 11 is 0. The molecule has 6 N–H and O–H groups in total. The van der Waals surface area contributed by atoms with Crippen LogP contribution in [-0.4, -0.2) is 108 Å². The average molecular weight is 683 g/mol. The van der Waals surface area contributed by atoms with Crippen LogP contribution in [0.4, 0.5) is 20.3 Å². The second kappa shape index (κ2) is 14.4. The summed E-state index contributed by atoms with van der Waals surface area (Å²) in [5, 5.41) is 45.7. The quantitative estimate of drug-likeness (QED) is 0.151. The highest BCUT2D eigenvalue weighted by Gasteiger charge is 2.45. The number of aromatic nitrogens is 3. The highest BCUT2D eigenvalue weighted by atomic mass is 19.3. The van der Waals surface area contributed by atoms with E-state index in [2.05, 4.69) is 25.3 Å². The standard InChI is InChI=1S/C33H36F2N6O8/c1-17-14-20(38-28-29-37-15-23(41(29)13-10-36-28)18-2-5-21(6-3-18)48-33(34)35)4-7-22(17)31(46)40-11-8-19(9-12-40)30(45)39-25-27(44)26(43)24(16-42)49-32(25)47/h2-7,10,13-15,19,24-27,32-33,42-44,47H,8-9,11-12,16H2,1H3,(H,36,38)(H,39,45)/t24-,25+,26-,27-,32?/m1/s1. The second-order valence-electron chi connectivity index (χ2n) is 12.0. The van der Waals surface area contributed by atoms with Gasteiger partial charge in [0.05, 0.1) is 18.5 Å². The van der Waals surface area contributed by atoms with Crippen LogP contribution in [0.15, 0.2) is 61.1 Å². The summed E-state index contributed by atoms with van der Waals surface area (Å²) in [5.74, 6) is -0.592. The molecule has 2 saturated heterocycles. The van der Waals surface area contributed by atoms with Crippen LogP contribution in [0.1, 0.15) is 28.8 Å². The van der Waals surface area contributed by atoms with Gasteiger partial charge in [0.15, 0.2) is 17.8 Å². The van der Waals surface area contributed by atoms with Crippen LogP contribution >= 0.6 is 0 Å². The van der Waals surface area contributed by atoms with Gasteiger partial charge in [-0.1, -0.05) is 0 Å². The molecule has 0 radical (unpaired) electrons. The van der Waals surface area contributed by atoms with Gasteiger partial charge in [-0.3, -0.25) is 14.0 Å². The Hall–Kier alpha value is -4.74. The van der Waals surface area contributed by atoms with Gasteiger partial charge < -0.3 is 45.4 Å². The molecule has 4 heterocycles. The summed E-state index contributed by atoms with van der Waals surface area (Å²) in [6, 6.07) is 10.3. The van der Waals surface area contributed by atoms with Crippen molar-refractivity contribution in [3.63, 3.8) is 0 Å². The highest BCUT2D eigenvalue weighted by Crippen LogP contribution is 2.29. The number of hydrogen-bond donors (Lipinski definition) is 6. The summed E-state index contributed by atoms with van der Waals surface area (Å²) in [5.41, 5.74) is 3.88.